The molecule has 0 aromatic heterocycles. The molecule has 0 aliphatic carbocycles. The summed E-state index contributed by atoms with van der Waals surface area (Å²) in [5.41, 5.74) is 0.931. The fourth-order valence-corrected chi connectivity index (χ4v) is 3.57. The van der Waals surface area contributed by atoms with E-state index in [2.05, 4.69) is 21.3 Å². The van der Waals surface area contributed by atoms with Crippen molar-refractivity contribution in [3.8, 4) is 0 Å². The molecule has 2 aromatic rings. The van der Waals surface area contributed by atoms with E-state index in [4.69, 9.17) is 9.47 Å². The summed E-state index contributed by atoms with van der Waals surface area (Å²) < 4.78 is 9.95. The van der Waals surface area contributed by atoms with E-state index in [-0.39, 0.29) is 30.3 Å². The SMILES string of the molecule is COC(=O)c1ccccc1NC(=O)[C@H](CC(C)C)NC(=O)CNC(=O)c1ccc(CNC(=O)OC(C)(C)C)cc1. The van der Waals surface area contributed by atoms with Crippen molar-refractivity contribution in [1.82, 2.24) is 16.0 Å². The Morgan fingerprint density at radius 3 is 2.15 bits per heavy atom. The molecule has 0 fully saturated rings. The van der Waals surface area contributed by atoms with Crippen LogP contribution in [0.2, 0.25) is 0 Å². The molecule has 0 spiro atoms. The Bertz CT molecular complexity index is 1200. The molecule has 2 aromatic carbocycles. The molecule has 11 heteroatoms. The van der Waals surface area contributed by atoms with Gasteiger partial charge in [-0.1, -0.05) is 38.1 Å². The van der Waals surface area contributed by atoms with Crippen LogP contribution in [0.15, 0.2) is 48.5 Å². The highest BCUT2D eigenvalue weighted by Crippen LogP contribution is 2.17. The maximum atomic E-state index is 13.0. The predicted octanol–water partition coefficient (Wildman–Crippen LogP) is 3.40. The smallest absolute Gasteiger partial charge is 0.407 e. The van der Waals surface area contributed by atoms with Gasteiger partial charge in [0.25, 0.3) is 5.91 Å². The first-order valence-corrected chi connectivity index (χ1v) is 12.9. The summed E-state index contributed by atoms with van der Waals surface area (Å²) in [6, 6.07) is 12.0. The Labute approximate surface area is 234 Å². The van der Waals surface area contributed by atoms with E-state index in [0.717, 1.165) is 5.56 Å². The van der Waals surface area contributed by atoms with Gasteiger partial charge in [0.2, 0.25) is 11.8 Å². The van der Waals surface area contributed by atoms with Crippen molar-refractivity contribution >= 4 is 35.5 Å². The molecule has 0 heterocycles. The second-order valence-electron chi connectivity index (χ2n) is 10.5. The lowest BCUT2D eigenvalue weighted by Crippen LogP contribution is -2.48. The molecular formula is C29H38N4O7. The number of alkyl carbamates (subject to hydrolysis) is 1. The van der Waals surface area contributed by atoms with Gasteiger partial charge in [-0.15, -0.1) is 0 Å². The molecule has 1 atom stereocenters. The lowest BCUT2D eigenvalue weighted by molar-refractivity contribution is -0.126. The van der Waals surface area contributed by atoms with Crippen LogP contribution in [0.1, 0.15) is 67.3 Å². The van der Waals surface area contributed by atoms with Gasteiger partial charge in [-0.25, -0.2) is 9.59 Å². The van der Waals surface area contributed by atoms with E-state index < -0.39 is 41.4 Å². The number of anilines is 1. The zero-order valence-electron chi connectivity index (χ0n) is 23.8. The van der Waals surface area contributed by atoms with E-state index in [1.54, 1.807) is 63.2 Å². The highest BCUT2D eigenvalue weighted by Gasteiger charge is 2.24. The summed E-state index contributed by atoms with van der Waals surface area (Å²) in [6.07, 6.45) is -0.206. The van der Waals surface area contributed by atoms with E-state index >= 15 is 0 Å². The highest BCUT2D eigenvalue weighted by molar-refractivity contribution is 6.04. The molecule has 216 valence electrons. The number of para-hydroxylation sites is 1. The van der Waals surface area contributed by atoms with Gasteiger partial charge in [-0.3, -0.25) is 14.4 Å². The van der Waals surface area contributed by atoms with Gasteiger partial charge in [0.05, 0.1) is 24.9 Å². The number of hydrogen-bond acceptors (Lipinski definition) is 7. The van der Waals surface area contributed by atoms with Crippen molar-refractivity contribution in [2.24, 2.45) is 5.92 Å². The first kappa shape index (κ1) is 31.8. The molecule has 0 radical (unpaired) electrons. The van der Waals surface area contributed by atoms with Crippen LogP contribution >= 0.6 is 0 Å². The summed E-state index contributed by atoms with van der Waals surface area (Å²) in [7, 11) is 1.25. The highest BCUT2D eigenvalue weighted by atomic mass is 16.6. The van der Waals surface area contributed by atoms with Crippen LogP contribution in [0.3, 0.4) is 0 Å². The number of methoxy groups -OCH3 is 1. The molecular weight excluding hydrogens is 516 g/mol. The number of esters is 1. The number of carbonyl (C=O) groups excluding carboxylic acids is 5. The summed E-state index contributed by atoms with van der Waals surface area (Å²) in [6.45, 7) is 9.00. The molecule has 2 rings (SSSR count). The average molecular weight is 555 g/mol. The van der Waals surface area contributed by atoms with Crippen LogP contribution in [0.25, 0.3) is 0 Å². The minimum Gasteiger partial charge on any atom is -0.465 e. The number of hydrogen-bond donors (Lipinski definition) is 4. The molecule has 40 heavy (non-hydrogen) atoms. The second-order valence-corrected chi connectivity index (χ2v) is 10.5. The first-order chi connectivity index (χ1) is 18.8. The molecule has 0 aliphatic heterocycles. The molecule has 0 unspecified atom stereocenters. The van der Waals surface area contributed by atoms with Crippen molar-refractivity contribution < 1.29 is 33.4 Å². The summed E-state index contributed by atoms with van der Waals surface area (Å²) in [5, 5.41) is 10.5. The largest absolute Gasteiger partial charge is 0.465 e. The molecule has 4 N–H and O–H groups in total. The van der Waals surface area contributed by atoms with Crippen LogP contribution in [-0.2, 0) is 25.6 Å². The number of carbonyl (C=O) groups is 5. The van der Waals surface area contributed by atoms with Crippen molar-refractivity contribution in [3.63, 3.8) is 0 Å². The minimum atomic E-state index is -0.896. The number of benzene rings is 2. The monoisotopic (exact) mass is 554 g/mol. The normalized spacial score (nSPS) is 11.7. The lowest BCUT2D eigenvalue weighted by Gasteiger charge is -2.21. The Hall–Kier alpha value is -4.41. The van der Waals surface area contributed by atoms with Gasteiger partial charge < -0.3 is 30.7 Å². The average Bonchev–Trinajstić information content (AvgIpc) is 2.89. The van der Waals surface area contributed by atoms with Gasteiger partial charge in [0.1, 0.15) is 11.6 Å². The predicted molar refractivity (Wildman–Crippen MR) is 150 cm³/mol. The molecule has 4 amide bonds. The zero-order valence-corrected chi connectivity index (χ0v) is 23.8. The molecule has 0 aliphatic rings. The van der Waals surface area contributed by atoms with Crippen molar-refractivity contribution in [3.05, 3.63) is 65.2 Å². The fourth-order valence-electron chi connectivity index (χ4n) is 3.57. The third kappa shape index (κ3) is 10.8. The van der Waals surface area contributed by atoms with Gasteiger partial charge in [-0.2, -0.15) is 0 Å². The molecule has 11 nitrogen and oxygen atoms in total. The van der Waals surface area contributed by atoms with Crippen molar-refractivity contribution in [2.45, 2.75) is 59.2 Å². The first-order valence-electron chi connectivity index (χ1n) is 12.9. The van der Waals surface area contributed by atoms with Crippen LogP contribution in [-0.4, -0.2) is 55.1 Å². The van der Waals surface area contributed by atoms with Crippen LogP contribution in [0, 0.1) is 5.92 Å². The third-order valence-corrected chi connectivity index (χ3v) is 5.41. The number of rotatable bonds is 11. The quantitative estimate of drug-likeness (QED) is 0.311. The maximum Gasteiger partial charge on any atom is 0.407 e. The van der Waals surface area contributed by atoms with Crippen LogP contribution in [0.5, 0.6) is 0 Å². The van der Waals surface area contributed by atoms with Crippen molar-refractivity contribution in [1.29, 1.82) is 0 Å². The fraction of sp³-hybridized carbons (Fsp3) is 0.414. The topological polar surface area (TPSA) is 152 Å². The number of nitrogens with one attached hydrogen (secondary N) is 4. The standard InChI is InChI=1S/C29H38N4O7/c1-18(2)15-23(26(36)33-22-10-8-7-9-21(22)27(37)39-6)32-24(34)17-30-25(35)20-13-11-19(12-14-20)16-31-28(38)40-29(3,4)5/h7-14,18,23H,15-17H2,1-6H3,(H,30,35)(H,31,38)(H,32,34)(H,33,36)/t23-/m0/s1. The van der Waals surface area contributed by atoms with E-state index in [0.29, 0.717) is 12.0 Å². The summed E-state index contributed by atoms with van der Waals surface area (Å²) >= 11 is 0. The Balaban J connectivity index is 1.93. The molecule has 0 saturated heterocycles. The minimum absolute atomic E-state index is 0.0739. The Kier molecular flexibility index (Phi) is 11.7. The van der Waals surface area contributed by atoms with Crippen LogP contribution < -0.4 is 21.3 Å². The summed E-state index contributed by atoms with van der Waals surface area (Å²) in [4.78, 5) is 62.0. The Morgan fingerprint density at radius 1 is 0.900 bits per heavy atom. The summed E-state index contributed by atoms with van der Waals surface area (Å²) in [5.74, 6) is -2.05. The lowest BCUT2D eigenvalue weighted by atomic mass is 10.0. The van der Waals surface area contributed by atoms with Crippen molar-refractivity contribution in [2.75, 3.05) is 19.0 Å². The van der Waals surface area contributed by atoms with Gasteiger partial charge in [0, 0.05) is 12.1 Å². The van der Waals surface area contributed by atoms with E-state index in [9.17, 15) is 24.0 Å². The van der Waals surface area contributed by atoms with Crippen LogP contribution in [0.4, 0.5) is 10.5 Å². The third-order valence-electron chi connectivity index (χ3n) is 5.41. The Morgan fingerprint density at radius 2 is 1.55 bits per heavy atom. The van der Waals surface area contributed by atoms with E-state index in [1.165, 1.54) is 13.2 Å². The molecule has 0 saturated carbocycles. The second kappa shape index (κ2) is 14.7. The maximum absolute atomic E-state index is 13.0. The van der Waals surface area contributed by atoms with Gasteiger partial charge in [0.15, 0.2) is 0 Å². The number of amides is 4. The van der Waals surface area contributed by atoms with Gasteiger partial charge in [-0.05, 0) is 62.9 Å². The van der Waals surface area contributed by atoms with E-state index in [1.807, 2.05) is 13.8 Å². The van der Waals surface area contributed by atoms with Gasteiger partial charge >= 0.3 is 12.1 Å². The zero-order chi connectivity index (χ0) is 29.9. The molecule has 0 bridgehead atoms. The number of ether oxygens (including phenoxy) is 2.